The Kier molecular flexibility index (Phi) is 3.89. The Balaban J connectivity index is 2.58. The van der Waals surface area contributed by atoms with Gasteiger partial charge in [-0.2, -0.15) is 8.42 Å². The molecule has 2 aromatic carbocycles. The zero-order valence-corrected chi connectivity index (χ0v) is 12.5. The van der Waals surface area contributed by atoms with E-state index in [2.05, 4.69) is 0 Å². The van der Waals surface area contributed by atoms with Crippen molar-refractivity contribution < 1.29 is 13.0 Å². The molecule has 0 heterocycles. The predicted octanol–water partition coefficient (Wildman–Crippen LogP) is 1.21. The number of hydrogen-bond donors (Lipinski definition) is 1. The third kappa shape index (κ3) is 3.12. The summed E-state index contributed by atoms with van der Waals surface area (Å²) in [6, 6.07) is 12.9. The Hall–Kier alpha value is -1.43. The Morgan fingerprint density at radius 3 is 2.21 bits per heavy atom. The largest absolute Gasteiger partial charge is 0.294 e. The summed E-state index contributed by atoms with van der Waals surface area (Å²) in [5, 5.41) is 1.73. The van der Waals surface area contributed by atoms with Crippen molar-refractivity contribution in [3.63, 3.8) is 0 Å². The second-order valence-corrected chi connectivity index (χ2v) is 7.06. The van der Waals surface area contributed by atoms with Crippen molar-refractivity contribution in [2.45, 2.75) is 18.7 Å². The van der Waals surface area contributed by atoms with Crippen LogP contribution in [-0.4, -0.2) is 22.5 Å². The van der Waals surface area contributed by atoms with Crippen LogP contribution in [0.3, 0.4) is 0 Å². The van der Waals surface area contributed by atoms with Gasteiger partial charge in [-0.3, -0.25) is 4.55 Å². The molecule has 2 rings (SSSR count). The van der Waals surface area contributed by atoms with Crippen molar-refractivity contribution in [2.24, 2.45) is 0 Å². The Labute approximate surface area is 115 Å². The van der Waals surface area contributed by atoms with Crippen molar-refractivity contribution in [1.82, 2.24) is 0 Å². The zero-order chi connectivity index (χ0) is 14.0. The maximum atomic E-state index is 11.5. The standard InChI is InChI=1S/C14H14O3SSi/c1-10-8-9-13(18(15,16)17)14(11(10)2)19-12-6-4-3-5-7-12/h3-9H,1-2H3,(H,15,16,17). The first-order chi connectivity index (χ1) is 8.89. The molecule has 1 N–H and O–H groups in total. The molecule has 0 aliphatic rings. The summed E-state index contributed by atoms with van der Waals surface area (Å²) in [6.45, 7) is 3.82. The van der Waals surface area contributed by atoms with Crippen LogP contribution in [0, 0.1) is 13.8 Å². The van der Waals surface area contributed by atoms with Crippen LogP contribution in [0.1, 0.15) is 11.1 Å². The van der Waals surface area contributed by atoms with E-state index < -0.39 is 10.1 Å². The fourth-order valence-corrected chi connectivity index (χ4v) is 4.26. The highest BCUT2D eigenvalue weighted by Crippen LogP contribution is 2.12. The van der Waals surface area contributed by atoms with Crippen molar-refractivity contribution in [3.8, 4) is 0 Å². The van der Waals surface area contributed by atoms with E-state index in [1.807, 2.05) is 44.2 Å². The molecule has 2 radical (unpaired) electrons. The predicted molar refractivity (Wildman–Crippen MR) is 77.2 cm³/mol. The molecule has 0 aromatic heterocycles. The Morgan fingerprint density at radius 2 is 1.63 bits per heavy atom. The van der Waals surface area contributed by atoms with Gasteiger partial charge in [0.25, 0.3) is 10.1 Å². The minimum absolute atomic E-state index is 0.0118. The van der Waals surface area contributed by atoms with Crippen LogP contribution in [0.5, 0.6) is 0 Å². The Bertz CT molecular complexity index is 694. The van der Waals surface area contributed by atoms with Crippen molar-refractivity contribution in [3.05, 3.63) is 53.6 Å². The summed E-state index contributed by atoms with van der Waals surface area (Å²) in [7, 11) is -3.98. The summed E-state index contributed by atoms with van der Waals surface area (Å²) < 4.78 is 32.3. The molecular formula is C14H14O3SSi. The molecule has 2 aromatic rings. The van der Waals surface area contributed by atoms with Gasteiger partial charge in [0.2, 0.25) is 0 Å². The van der Waals surface area contributed by atoms with Gasteiger partial charge in [0.1, 0.15) is 9.52 Å². The molecule has 3 nitrogen and oxygen atoms in total. The summed E-state index contributed by atoms with van der Waals surface area (Å²) in [4.78, 5) is 0.0118. The maximum absolute atomic E-state index is 11.5. The SMILES string of the molecule is Cc1ccc(S(=O)(=O)O)c([Si]c2ccccc2)c1C. The molecule has 0 atom stereocenters. The van der Waals surface area contributed by atoms with E-state index in [1.165, 1.54) is 6.07 Å². The molecular weight excluding hydrogens is 276 g/mol. The van der Waals surface area contributed by atoms with Gasteiger partial charge in [-0.15, -0.1) is 0 Å². The molecule has 0 aliphatic carbocycles. The second-order valence-electron chi connectivity index (χ2n) is 4.35. The topological polar surface area (TPSA) is 54.4 Å². The molecule has 98 valence electrons. The molecule has 19 heavy (non-hydrogen) atoms. The van der Waals surface area contributed by atoms with Crippen LogP contribution in [0.15, 0.2) is 47.4 Å². The zero-order valence-electron chi connectivity index (χ0n) is 10.7. The van der Waals surface area contributed by atoms with Gasteiger partial charge in [0.05, 0.1) is 4.90 Å². The minimum Gasteiger partial charge on any atom is -0.282 e. The van der Waals surface area contributed by atoms with Crippen LogP contribution in [0.4, 0.5) is 0 Å². The first-order valence-electron chi connectivity index (χ1n) is 5.79. The van der Waals surface area contributed by atoms with E-state index in [0.29, 0.717) is 5.19 Å². The first-order valence-corrected chi connectivity index (χ1v) is 8.23. The number of benzene rings is 2. The lowest BCUT2D eigenvalue weighted by Gasteiger charge is -2.12. The monoisotopic (exact) mass is 290 g/mol. The van der Waals surface area contributed by atoms with Gasteiger partial charge in [0, 0.05) is 0 Å². The Morgan fingerprint density at radius 1 is 1.00 bits per heavy atom. The smallest absolute Gasteiger partial charge is 0.282 e. The maximum Gasteiger partial charge on any atom is 0.294 e. The van der Waals surface area contributed by atoms with E-state index in [4.69, 9.17) is 0 Å². The van der Waals surface area contributed by atoms with Gasteiger partial charge in [0.15, 0.2) is 0 Å². The molecule has 0 saturated heterocycles. The first kappa shape index (κ1) is 14.0. The third-order valence-corrected chi connectivity index (χ3v) is 5.61. The normalized spacial score (nSPS) is 11.5. The highest BCUT2D eigenvalue weighted by atomic mass is 32.2. The lowest BCUT2D eigenvalue weighted by Crippen LogP contribution is -2.33. The van der Waals surface area contributed by atoms with Gasteiger partial charge < -0.3 is 0 Å². The van der Waals surface area contributed by atoms with E-state index >= 15 is 0 Å². The number of aryl methyl sites for hydroxylation is 1. The molecule has 0 saturated carbocycles. The summed E-state index contributed by atoms with van der Waals surface area (Å²) >= 11 is 0. The van der Waals surface area contributed by atoms with E-state index in [0.717, 1.165) is 16.3 Å². The summed E-state index contributed by atoms with van der Waals surface area (Å²) in [6.07, 6.45) is 0. The minimum atomic E-state index is -4.19. The molecule has 0 bridgehead atoms. The molecule has 0 aliphatic heterocycles. The van der Waals surface area contributed by atoms with Crippen molar-refractivity contribution >= 4 is 30.0 Å². The molecule has 0 fully saturated rings. The van der Waals surface area contributed by atoms with Crippen LogP contribution in [0.25, 0.3) is 0 Å². The lowest BCUT2D eigenvalue weighted by atomic mass is 10.1. The van der Waals surface area contributed by atoms with Crippen LogP contribution >= 0.6 is 0 Å². The van der Waals surface area contributed by atoms with E-state index in [-0.39, 0.29) is 14.4 Å². The average Bonchev–Trinajstić information content (AvgIpc) is 2.35. The third-order valence-electron chi connectivity index (χ3n) is 3.02. The fourth-order valence-electron chi connectivity index (χ4n) is 1.83. The van der Waals surface area contributed by atoms with E-state index in [9.17, 15) is 13.0 Å². The highest BCUT2D eigenvalue weighted by molar-refractivity contribution is 7.86. The number of rotatable bonds is 3. The van der Waals surface area contributed by atoms with Crippen molar-refractivity contribution in [2.75, 3.05) is 0 Å². The van der Waals surface area contributed by atoms with E-state index in [1.54, 1.807) is 6.07 Å². The van der Waals surface area contributed by atoms with Gasteiger partial charge in [-0.25, -0.2) is 0 Å². The quantitative estimate of drug-likeness (QED) is 0.683. The summed E-state index contributed by atoms with van der Waals surface area (Å²) in [5.74, 6) is 0. The fraction of sp³-hybridized carbons (Fsp3) is 0.143. The van der Waals surface area contributed by atoms with Crippen LogP contribution in [-0.2, 0) is 10.1 Å². The molecule has 5 heteroatoms. The average molecular weight is 290 g/mol. The number of hydrogen-bond acceptors (Lipinski definition) is 2. The molecule has 0 amide bonds. The highest BCUT2D eigenvalue weighted by Gasteiger charge is 2.18. The molecule has 0 spiro atoms. The van der Waals surface area contributed by atoms with Gasteiger partial charge >= 0.3 is 0 Å². The van der Waals surface area contributed by atoms with Crippen molar-refractivity contribution in [1.29, 1.82) is 0 Å². The second kappa shape index (κ2) is 5.28. The van der Waals surface area contributed by atoms with Gasteiger partial charge in [-0.1, -0.05) is 41.6 Å². The lowest BCUT2D eigenvalue weighted by molar-refractivity contribution is 0.484. The summed E-state index contributed by atoms with van der Waals surface area (Å²) in [5.41, 5.74) is 1.93. The molecule has 0 unspecified atom stereocenters. The van der Waals surface area contributed by atoms with Gasteiger partial charge in [-0.05, 0) is 36.2 Å². The van der Waals surface area contributed by atoms with Crippen LogP contribution in [0.2, 0.25) is 0 Å². The van der Waals surface area contributed by atoms with Crippen LogP contribution < -0.4 is 10.4 Å².